The van der Waals surface area contributed by atoms with Crippen molar-refractivity contribution >= 4 is 0 Å². The Kier molecular flexibility index (Phi) is 2.93. The first kappa shape index (κ1) is 10.9. The second-order valence-corrected chi connectivity index (χ2v) is 4.94. The molecule has 2 N–H and O–H groups in total. The zero-order valence-corrected chi connectivity index (χ0v) is 10.0. The Labute approximate surface area is 102 Å². The van der Waals surface area contributed by atoms with Crippen molar-refractivity contribution < 1.29 is 9.47 Å². The Morgan fingerprint density at radius 2 is 1.88 bits per heavy atom. The normalized spacial score (nSPS) is 21.5. The molecular weight excluding hydrogens is 214 g/mol. The Morgan fingerprint density at radius 3 is 2.71 bits per heavy atom. The summed E-state index contributed by atoms with van der Waals surface area (Å²) in [6.45, 7) is 1.26. The second-order valence-electron chi connectivity index (χ2n) is 4.94. The molecule has 1 aliphatic heterocycles. The molecule has 92 valence electrons. The highest BCUT2D eigenvalue weighted by molar-refractivity contribution is 5.49. The molecule has 0 saturated heterocycles. The van der Waals surface area contributed by atoms with Crippen LogP contribution in [0.25, 0.3) is 0 Å². The molecule has 0 radical (unpaired) electrons. The predicted molar refractivity (Wildman–Crippen MR) is 66.3 cm³/mol. The topological polar surface area (TPSA) is 44.5 Å². The molecule has 1 aromatic rings. The van der Waals surface area contributed by atoms with Gasteiger partial charge in [-0.25, -0.2) is 0 Å². The van der Waals surface area contributed by atoms with Gasteiger partial charge in [-0.15, -0.1) is 0 Å². The fraction of sp³-hybridized carbons (Fsp3) is 0.571. The van der Waals surface area contributed by atoms with E-state index in [-0.39, 0.29) is 6.04 Å². The number of ether oxygens (including phenoxy) is 2. The number of fused-ring (bicyclic) bond motifs is 1. The third kappa shape index (κ3) is 2.00. The van der Waals surface area contributed by atoms with E-state index in [0.29, 0.717) is 19.1 Å². The lowest BCUT2D eigenvalue weighted by molar-refractivity contribution is 0.168. The number of rotatable bonds is 2. The smallest absolute Gasteiger partial charge is 0.166 e. The molecule has 0 aromatic heterocycles. The summed E-state index contributed by atoms with van der Waals surface area (Å²) in [6, 6.07) is 6.14. The van der Waals surface area contributed by atoms with Gasteiger partial charge in [0.05, 0.1) is 0 Å². The van der Waals surface area contributed by atoms with Crippen molar-refractivity contribution in [3.05, 3.63) is 23.8 Å². The molecule has 1 fully saturated rings. The molecule has 3 rings (SSSR count). The van der Waals surface area contributed by atoms with Crippen LogP contribution in [0.5, 0.6) is 11.5 Å². The summed E-state index contributed by atoms with van der Waals surface area (Å²) in [5, 5.41) is 0. The summed E-state index contributed by atoms with van der Waals surface area (Å²) in [5.74, 6) is 2.33. The Bertz CT molecular complexity index is 399. The summed E-state index contributed by atoms with van der Waals surface area (Å²) in [7, 11) is 0. The van der Waals surface area contributed by atoms with Crippen LogP contribution in [0.15, 0.2) is 18.2 Å². The van der Waals surface area contributed by atoms with Gasteiger partial charge < -0.3 is 15.2 Å². The molecule has 1 atom stereocenters. The summed E-state index contributed by atoms with van der Waals surface area (Å²) in [4.78, 5) is 0. The summed E-state index contributed by atoms with van der Waals surface area (Å²) in [6.07, 6.45) is 5.10. The number of hydrogen-bond donors (Lipinski definition) is 1. The van der Waals surface area contributed by atoms with Crippen molar-refractivity contribution in [1.29, 1.82) is 0 Å². The quantitative estimate of drug-likeness (QED) is 0.854. The maximum Gasteiger partial charge on any atom is 0.166 e. The Balaban J connectivity index is 1.91. The number of para-hydroxylation sites is 1. The van der Waals surface area contributed by atoms with E-state index in [1.807, 2.05) is 12.1 Å². The first-order chi connectivity index (χ1) is 8.36. The van der Waals surface area contributed by atoms with E-state index in [1.165, 1.54) is 25.7 Å². The molecule has 0 spiro atoms. The average molecular weight is 233 g/mol. The highest BCUT2D eigenvalue weighted by Crippen LogP contribution is 2.42. The van der Waals surface area contributed by atoms with Gasteiger partial charge in [-0.1, -0.05) is 25.0 Å². The van der Waals surface area contributed by atoms with Crippen molar-refractivity contribution in [1.82, 2.24) is 0 Å². The zero-order chi connectivity index (χ0) is 11.7. The van der Waals surface area contributed by atoms with Crippen LogP contribution in [0.4, 0.5) is 0 Å². The highest BCUT2D eigenvalue weighted by atomic mass is 16.6. The van der Waals surface area contributed by atoms with Crippen LogP contribution in [-0.2, 0) is 0 Å². The highest BCUT2D eigenvalue weighted by Gasteiger charge is 2.27. The van der Waals surface area contributed by atoms with Gasteiger partial charge in [0.25, 0.3) is 0 Å². The number of hydrogen-bond acceptors (Lipinski definition) is 3. The van der Waals surface area contributed by atoms with Crippen LogP contribution in [0, 0.1) is 5.92 Å². The summed E-state index contributed by atoms with van der Waals surface area (Å²) in [5.41, 5.74) is 7.51. The molecule has 1 heterocycles. The maximum atomic E-state index is 6.39. The molecule has 0 bridgehead atoms. The van der Waals surface area contributed by atoms with E-state index in [4.69, 9.17) is 15.2 Å². The van der Waals surface area contributed by atoms with Crippen LogP contribution in [0.1, 0.15) is 37.3 Å². The first-order valence-electron chi connectivity index (χ1n) is 6.50. The van der Waals surface area contributed by atoms with Crippen molar-refractivity contribution in [2.24, 2.45) is 11.7 Å². The standard InChI is InChI=1S/C14H19NO2/c15-13(10-4-1-2-5-10)11-6-3-7-12-14(11)17-9-8-16-12/h3,6-7,10,13H,1-2,4-5,8-9,15H2/t13-/m0/s1. The molecule has 1 aliphatic carbocycles. The molecular formula is C14H19NO2. The molecule has 3 heteroatoms. The molecule has 0 amide bonds. The minimum absolute atomic E-state index is 0.0918. The summed E-state index contributed by atoms with van der Waals surface area (Å²) >= 11 is 0. The van der Waals surface area contributed by atoms with Crippen LogP contribution in [0.3, 0.4) is 0 Å². The number of nitrogens with two attached hydrogens (primary N) is 1. The van der Waals surface area contributed by atoms with E-state index >= 15 is 0 Å². The van der Waals surface area contributed by atoms with Gasteiger partial charge in [-0.2, -0.15) is 0 Å². The zero-order valence-electron chi connectivity index (χ0n) is 10.0. The predicted octanol–water partition coefficient (Wildman–Crippen LogP) is 2.65. The average Bonchev–Trinajstić information content (AvgIpc) is 2.91. The van der Waals surface area contributed by atoms with Gasteiger partial charge in [0.1, 0.15) is 13.2 Å². The van der Waals surface area contributed by atoms with Crippen molar-refractivity contribution in [2.75, 3.05) is 13.2 Å². The fourth-order valence-corrected chi connectivity index (χ4v) is 2.93. The molecule has 1 saturated carbocycles. The Morgan fingerprint density at radius 1 is 1.12 bits per heavy atom. The van der Waals surface area contributed by atoms with Crippen LogP contribution in [0.2, 0.25) is 0 Å². The summed E-state index contributed by atoms with van der Waals surface area (Å²) < 4.78 is 11.3. The SMILES string of the molecule is N[C@H](c1cccc2c1OCCO2)C1CCCC1. The van der Waals surface area contributed by atoms with Gasteiger partial charge in [0.2, 0.25) is 0 Å². The Hall–Kier alpha value is -1.22. The van der Waals surface area contributed by atoms with Gasteiger partial charge >= 0.3 is 0 Å². The largest absolute Gasteiger partial charge is 0.486 e. The lowest BCUT2D eigenvalue weighted by atomic mass is 9.91. The fourth-order valence-electron chi connectivity index (χ4n) is 2.93. The maximum absolute atomic E-state index is 6.39. The van der Waals surface area contributed by atoms with Gasteiger partial charge in [-0.3, -0.25) is 0 Å². The van der Waals surface area contributed by atoms with E-state index in [2.05, 4.69) is 6.07 Å². The third-order valence-corrected chi connectivity index (χ3v) is 3.86. The first-order valence-corrected chi connectivity index (χ1v) is 6.50. The van der Waals surface area contributed by atoms with Crippen LogP contribution in [-0.4, -0.2) is 13.2 Å². The third-order valence-electron chi connectivity index (χ3n) is 3.86. The lowest BCUT2D eigenvalue weighted by Crippen LogP contribution is -2.23. The molecule has 17 heavy (non-hydrogen) atoms. The van der Waals surface area contributed by atoms with Gasteiger partial charge in [-0.05, 0) is 24.8 Å². The van der Waals surface area contributed by atoms with E-state index in [9.17, 15) is 0 Å². The minimum Gasteiger partial charge on any atom is -0.486 e. The monoisotopic (exact) mass is 233 g/mol. The number of benzene rings is 1. The van der Waals surface area contributed by atoms with E-state index in [1.54, 1.807) is 0 Å². The van der Waals surface area contributed by atoms with Crippen molar-refractivity contribution in [3.63, 3.8) is 0 Å². The van der Waals surface area contributed by atoms with E-state index < -0.39 is 0 Å². The lowest BCUT2D eigenvalue weighted by Gasteiger charge is -2.26. The van der Waals surface area contributed by atoms with E-state index in [0.717, 1.165) is 17.1 Å². The van der Waals surface area contributed by atoms with Gasteiger partial charge in [0.15, 0.2) is 11.5 Å². The molecule has 1 aromatic carbocycles. The van der Waals surface area contributed by atoms with Crippen LogP contribution < -0.4 is 15.2 Å². The van der Waals surface area contributed by atoms with Gasteiger partial charge in [0, 0.05) is 11.6 Å². The van der Waals surface area contributed by atoms with Crippen molar-refractivity contribution in [2.45, 2.75) is 31.7 Å². The molecule has 0 unspecified atom stereocenters. The van der Waals surface area contributed by atoms with Crippen LogP contribution >= 0.6 is 0 Å². The molecule has 2 aliphatic rings. The second kappa shape index (κ2) is 4.57. The minimum atomic E-state index is 0.0918. The molecule has 3 nitrogen and oxygen atoms in total. The van der Waals surface area contributed by atoms with Crippen molar-refractivity contribution in [3.8, 4) is 11.5 Å².